The van der Waals surface area contributed by atoms with Crippen molar-refractivity contribution in [3.63, 3.8) is 0 Å². The molecule has 6 nitrogen and oxygen atoms in total. The van der Waals surface area contributed by atoms with Gasteiger partial charge in [0, 0.05) is 23.6 Å². The molecule has 0 amide bonds. The van der Waals surface area contributed by atoms with Gasteiger partial charge in [-0.3, -0.25) is 9.59 Å². The fourth-order valence-electron chi connectivity index (χ4n) is 4.22. The molecule has 0 atom stereocenters. The highest BCUT2D eigenvalue weighted by Gasteiger charge is 2.21. The van der Waals surface area contributed by atoms with Gasteiger partial charge in [-0.05, 0) is 47.9 Å². The third-order valence-corrected chi connectivity index (χ3v) is 7.43. The van der Waals surface area contributed by atoms with Crippen molar-refractivity contribution in [3.05, 3.63) is 134 Å². The molecule has 3 aromatic heterocycles. The normalized spacial score (nSPS) is 10.9. The van der Waals surface area contributed by atoms with Crippen LogP contribution in [0.5, 0.6) is 0 Å². The molecule has 196 valence electrons. The number of carbonyl (C=O) groups excluding carboxylic acids is 1. The van der Waals surface area contributed by atoms with Gasteiger partial charge in [0.05, 0.1) is 22.1 Å². The van der Waals surface area contributed by atoms with Crippen LogP contribution in [0, 0.1) is 5.82 Å². The van der Waals surface area contributed by atoms with E-state index in [2.05, 4.69) is 17.0 Å². The number of nitrogens with one attached hydrogen (secondary N) is 1. The Kier molecular flexibility index (Phi) is 7.86. The maximum Gasteiger partial charge on any atom is 0.283 e. The maximum atomic E-state index is 14.6. The van der Waals surface area contributed by atoms with E-state index in [-0.39, 0.29) is 11.1 Å². The van der Waals surface area contributed by atoms with Crippen LogP contribution in [0.2, 0.25) is 4.34 Å². The molecule has 0 aliphatic heterocycles. The van der Waals surface area contributed by atoms with Crippen molar-refractivity contribution in [2.24, 2.45) is 0 Å². The number of rotatable bonds is 9. The summed E-state index contributed by atoms with van der Waals surface area (Å²) in [6.07, 6.45) is 2.22. The van der Waals surface area contributed by atoms with Gasteiger partial charge in [-0.1, -0.05) is 66.7 Å². The molecule has 9 heteroatoms. The topological polar surface area (TPSA) is 68.9 Å². The fraction of sp³-hybridized carbons (Fsp3) is 0.100. The number of halogens is 2. The van der Waals surface area contributed by atoms with E-state index in [1.807, 2.05) is 42.5 Å². The Balaban J connectivity index is 1.58. The molecule has 39 heavy (non-hydrogen) atoms. The van der Waals surface area contributed by atoms with Crippen LogP contribution in [0.3, 0.4) is 0 Å². The van der Waals surface area contributed by atoms with Gasteiger partial charge < -0.3 is 9.88 Å². The van der Waals surface area contributed by atoms with Gasteiger partial charge in [0.2, 0.25) is 0 Å². The minimum absolute atomic E-state index is 0.115. The number of benzene rings is 2. The highest BCUT2D eigenvalue weighted by atomic mass is 35.5. The van der Waals surface area contributed by atoms with Crippen LogP contribution in [0.15, 0.2) is 96.3 Å². The number of aromatic nitrogens is 3. The van der Waals surface area contributed by atoms with Gasteiger partial charge in [0.15, 0.2) is 0 Å². The zero-order valence-corrected chi connectivity index (χ0v) is 22.4. The molecule has 0 aliphatic rings. The summed E-state index contributed by atoms with van der Waals surface area (Å²) in [4.78, 5) is 27.6. The Labute approximate surface area is 233 Å². The molecule has 0 bridgehead atoms. The zero-order chi connectivity index (χ0) is 27.4. The number of thiophene rings is 1. The lowest BCUT2D eigenvalue weighted by molar-refractivity contribution is 0.0944. The summed E-state index contributed by atoms with van der Waals surface area (Å²) in [6, 6.07) is 24.3. The van der Waals surface area contributed by atoms with Crippen LogP contribution in [-0.2, 0) is 19.5 Å². The lowest BCUT2D eigenvalue weighted by Crippen LogP contribution is -2.23. The standard InChI is InChI=1S/C30H24ClFN4O2S/c1-2-20-16-26(35(29(37)17-20)15-14-21-8-4-3-5-9-21)25-18-28(33-19-22-12-13-27(31)39-22)36(34-25)30(38)23-10-6-7-11-24(23)32/h2-13,16-18,33H,1,14-15,19H2. The van der Waals surface area contributed by atoms with Crippen molar-refractivity contribution in [1.82, 2.24) is 14.3 Å². The van der Waals surface area contributed by atoms with Gasteiger partial charge in [0.25, 0.3) is 11.5 Å². The monoisotopic (exact) mass is 558 g/mol. The van der Waals surface area contributed by atoms with E-state index in [9.17, 15) is 14.0 Å². The molecular formula is C30H24ClFN4O2S. The van der Waals surface area contributed by atoms with E-state index in [1.54, 1.807) is 28.8 Å². The Morgan fingerprint density at radius 1 is 1.05 bits per heavy atom. The van der Waals surface area contributed by atoms with E-state index in [1.165, 1.54) is 35.6 Å². The van der Waals surface area contributed by atoms with Crippen molar-refractivity contribution in [2.75, 3.05) is 5.32 Å². The maximum absolute atomic E-state index is 14.6. The fourth-order valence-corrected chi connectivity index (χ4v) is 5.25. The second kappa shape index (κ2) is 11.6. The number of hydrogen-bond donors (Lipinski definition) is 1. The SMILES string of the molecule is C=Cc1cc(-c2cc(NCc3ccc(Cl)s3)n(C(=O)c3ccccc3F)n2)n(CCc2ccccc2)c(=O)c1. The second-order valence-electron chi connectivity index (χ2n) is 8.77. The van der Waals surface area contributed by atoms with Crippen LogP contribution >= 0.6 is 22.9 Å². The average molecular weight is 559 g/mol. The molecular weight excluding hydrogens is 535 g/mol. The largest absolute Gasteiger partial charge is 0.365 e. The molecule has 0 saturated heterocycles. The minimum Gasteiger partial charge on any atom is -0.365 e. The number of anilines is 1. The number of nitrogens with zero attached hydrogens (tertiary/aromatic N) is 3. The van der Waals surface area contributed by atoms with Gasteiger partial charge in [-0.2, -0.15) is 9.78 Å². The van der Waals surface area contributed by atoms with Crippen LogP contribution in [0.1, 0.15) is 26.4 Å². The Bertz CT molecular complexity index is 1710. The highest BCUT2D eigenvalue weighted by Crippen LogP contribution is 2.27. The molecule has 5 rings (SSSR count). The summed E-state index contributed by atoms with van der Waals surface area (Å²) < 4.78 is 18.0. The molecule has 2 aromatic carbocycles. The second-order valence-corrected chi connectivity index (χ2v) is 10.6. The summed E-state index contributed by atoms with van der Waals surface area (Å²) in [5, 5.41) is 7.79. The summed E-state index contributed by atoms with van der Waals surface area (Å²) in [5.41, 5.74) is 2.30. The molecule has 0 radical (unpaired) electrons. The first-order chi connectivity index (χ1) is 18.9. The lowest BCUT2D eigenvalue weighted by atomic mass is 10.1. The van der Waals surface area contributed by atoms with Crippen molar-refractivity contribution in [2.45, 2.75) is 19.5 Å². The molecule has 3 heterocycles. The summed E-state index contributed by atoms with van der Waals surface area (Å²) >= 11 is 7.49. The van der Waals surface area contributed by atoms with Crippen molar-refractivity contribution in [3.8, 4) is 11.4 Å². The summed E-state index contributed by atoms with van der Waals surface area (Å²) in [6.45, 7) is 4.58. The molecule has 5 aromatic rings. The van der Waals surface area contributed by atoms with E-state index in [0.29, 0.717) is 46.6 Å². The van der Waals surface area contributed by atoms with E-state index < -0.39 is 11.7 Å². The predicted octanol–water partition coefficient (Wildman–Crippen LogP) is 6.75. The Morgan fingerprint density at radius 3 is 2.54 bits per heavy atom. The van der Waals surface area contributed by atoms with Crippen LogP contribution in [0.4, 0.5) is 10.2 Å². The van der Waals surface area contributed by atoms with Crippen LogP contribution in [-0.4, -0.2) is 20.3 Å². The first kappa shape index (κ1) is 26.3. The van der Waals surface area contributed by atoms with E-state index in [4.69, 9.17) is 11.6 Å². The predicted molar refractivity (Wildman–Crippen MR) is 155 cm³/mol. The average Bonchev–Trinajstić information content (AvgIpc) is 3.57. The van der Waals surface area contributed by atoms with Crippen molar-refractivity contribution < 1.29 is 9.18 Å². The quantitative estimate of drug-likeness (QED) is 0.217. The van der Waals surface area contributed by atoms with Gasteiger partial charge >= 0.3 is 0 Å². The number of carbonyl (C=O) groups is 1. The van der Waals surface area contributed by atoms with Gasteiger partial charge in [-0.15, -0.1) is 11.3 Å². The molecule has 0 saturated carbocycles. The first-order valence-corrected chi connectivity index (χ1v) is 13.4. The summed E-state index contributed by atoms with van der Waals surface area (Å²) in [5.74, 6) is -0.929. The number of pyridine rings is 1. The first-order valence-electron chi connectivity index (χ1n) is 12.2. The molecule has 0 fully saturated rings. The third kappa shape index (κ3) is 5.92. The van der Waals surface area contributed by atoms with Crippen LogP contribution < -0.4 is 10.9 Å². The molecule has 0 unspecified atom stereocenters. The van der Waals surface area contributed by atoms with Crippen molar-refractivity contribution in [1.29, 1.82) is 0 Å². The number of aryl methyl sites for hydroxylation is 1. The van der Waals surface area contributed by atoms with Crippen molar-refractivity contribution >= 4 is 40.7 Å². The number of hydrogen-bond acceptors (Lipinski definition) is 5. The zero-order valence-electron chi connectivity index (χ0n) is 20.8. The molecule has 0 aliphatic carbocycles. The molecule has 1 N–H and O–H groups in total. The summed E-state index contributed by atoms with van der Waals surface area (Å²) in [7, 11) is 0. The molecule has 0 spiro atoms. The highest BCUT2D eigenvalue weighted by molar-refractivity contribution is 7.16. The van der Waals surface area contributed by atoms with E-state index in [0.717, 1.165) is 15.1 Å². The van der Waals surface area contributed by atoms with Gasteiger partial charge in [0.1, 0.15) is 17.3 Å². The smallest absolute Gasteiger partial charge is 0.283 e. The van der Waals surface area contributed by atoms with E-state index >= 15 is 0 Å². The Morgan fingerprint density at radius 2 is 1.82 bits per heavy atom. The van der Waals surface area contributed by atoms with Crippen LogP contribution in [0.25, 0.3) is 17.5 Å². The minimum atomic E-state index is -0.649. The third-order valence-electron chi connectivity index (χ3n) is 6.19. The lowest BCUT2D eigenvalue weighted by Gasteiger charge is -2.12. The Hall–Kier alpha value is -4.27. The van der Waals surface area contributed by atoms with Gasteiger partial charge in [-0.25, -0.2) is 4.39 Å².